The van der Waals surface area contributed by atoms with Crippen LogP contribution in [0.3, 0.4) is 0 Å². The monoisotopic (exact) mass is 269 g/mol. The highest BCUT2D eigenvalue weighted by Gasteiger charge is 2.24. The molecule has 1 amide bonds. The predicted molar refractivity (Wildman–Crippen MR) is 70.1 cm³/mol. The Morgan fingerprint density at radius 2 is 2.17 bits per heavy atom. The largest absolute Gasteiger partial charge is 0.352 e. The molecule has 0 radical (unpaired) electrons. The molecular weight excluding hydrogens is 253 g/mol. The van der Waals surface area contributed by atoms with Crippen LogP contribution in [0.2, 0.25) is 0 Å². The quantitative estimate of drug-likeness (QED) is 0.840. The van der Waals surface area contributed by atoms with Crippen LogP contribution in [0, 0.1) is 5.82 Å². The minimum atomic E-state index is -0.312. The van der Waals surface area contributed by atoms with Crippen molar-refractivity contribution >= 4 is 17.5 Å². The first-order valence-electron chi connectivity index (χ1n) is 6.33. The van der Waals surface area contributed by atoms with Crippen molar-refractivity contribution in [1.29, 1.82) is 0 Å². The third-order valence-electron chi connectivity index (χ3n) is 3.28. The van der Waals surface area contributed by atoms with Gasteiger partial charge in [0.25, 0.3) is 0 Å². The molecule has 1 aromatic carbocycles. The fourth-order valence-corrected chi connectivity index (χ4v) is 2.68. The summed E-state index contributed by atoms with van der Waals surface area (Å²) in [5.41, 5.74) is 0.689. The van der Waals surface area contributed by atoms with Crippen LogP contribution >= 0.6 is 11.6 Å². The van der Waals surface area contributed by atoms with E-state index >= 15 is 0 Å². The van der Waals surface area contributed by atoms with Crippen molar-refractivity contribution in [3.63, 3.8) is 0 Å². The zero-order chi connectivity index (χ0) is 13.0. The fourth-order valence-electron chi connectivity index (χ4n) is 2.34. The maximum Gasteiger partial charge on any atom is 0.224 e. The summed E-state index contributed by atoms with van der Waals surface area (Å²) in [6.07, 6.45) is 4.33. The minimum Gasteiger partial charge on any atom is -0.352 e. The Morgan fingerprint density at radius 3 is 2.89 bits per heavy atom. The molecule has 0 saturated heterocycles. The summed E-state index contributed by atoms with van der Waals surface area (Å²) in [4.78, 5) is 11.8. The highest BCUT2D eigenvalue weighted by Crippen LogP contribution is 2.23. The molecule has 0 aliphatic heterocycles. The fraction of sp³-hybridized carbons (Fsp3) is 0.500. The third-order valence-corrected chi connectivity index (χ3v) is 3.80. The lowest BCUT2D eigenvalue weighted by atomic mass is 9.94. The normalized spacial score (nSPS) is 23.7. The lowest BCUT2D eigenvalue weighted by Gasteiger charge is -2.27. The molecule has 2 atom stereocenters. The number of hydrogen-bond acceptors (Lipinski definition) is 1. The Hall–Kier alpha value is -1.09. The van der Waals surface area contributed by atoms with Crippen LogP contribution in [-0.2, 0) is 11.2 Å². The van der Waals surface area contributed by atoms with Gasteiger partial charge >= 0.3 is 0 Å². The maximum absolute atomic E-state index is 13.0. The highest BCUT2D eigenvalue weighted by atomic mass is 35.5. The van der Waals surface area contributed by atoms with Crippen LogP contribution in [0.5, 0.6) is 0 Å². The van der Waals surface area contributed by atoms with Gasteiger partial charge in [0.15, 0.2) is 0 Å². The summed E-state index contributed by atoms with van der Waals surface area (Å²) in [7, 11) is 0. The summed E-state index contributed by atoms with van der Waals surface area (Å²) < 4.78 is 13.0. The van der Waals surface area contributed by atoms with E-state index in [0.717, 1.165) is 25.7 Å². The Bertz CT molecular complexity index is 424. The van der Waals surface area contributed by atoms with Crippen molar-refractivity contribution < 1.29 is 9.18 Å². The van der Waals surface area contributed by atoms with Crippen molar-refractivity contribution in [2.45, 2.75) is 43.5 Å². The molecule has 1 aromatic rings. The standard InChI is InChI=1S/C14H17ClFNO/c15-12-6-1-2-7-13(12)17-14(18)9-10-4-3-5-11(16)8-10/h3-5,8,12-13H,1-2,6-7,9H2,(H,17,18). The van der Waals surface area contributed by atoms with E-state index in [1.54, 1.807) is 12.1 Å². The molecule has 1 aliphatic carbocycles. The number of hydrogen-bond donors (Lipinski definition) is 1. The summed E-state index contributed by atoms with van der Waals surface area (Å²) in [5.74, 6) is -0.397. The molecule has 2 rings (SSSR count). The Labute approximate surface area is 112 Å². The van der Waals surface area contributed by atoms with E-state index in [-0.39, 0.29) is 29.6 Å². The van der Waals surface area contributed by atoms with Crippen LogP contribution in [0.1, 0.15) is 31.2 Å². The van der Waals surface area contributed by atoms with Gasteiger partial charge in [0.2, 0.25) is 5.91 Å². The minimum absolute atomic E-state index is 0.0233. The summed E-state index contributed by atoms with van der Waals surface area (Å²) in [6.45, 7) is 0. The van der Waals surface area contributed by atoms with Crippen LogP contribution in [0.15, 0.2) is 24.3 Å². The maximum atomic E-state index is 13.0. The van der Waals surface area contributed by atoms with E-state index in [1.807, 2.05) is 0 Å². The van der Waals surface area contributed by atoms with Gasteiger partial charge in [-0.05, 0) is 30.5 Å². The smallest absolute Gasteiger partial charge is 0.224 e. The van der Waals surface area contributed by atoms with Gasteiger partial charge in [-0.1, -0.05) is 25.0 Å². The average Bonchev–Trinajstić information content (AvgIpc) is 2.32. The second-order valence-electron chi connectivity index (χ2n) is 4.78. The van der Waals surface area contributed by atoms with E-state index in [0.29, 0.717) is 5.56 Å². The summed E-state index contributed by atoms with van der Waals surface area (Å²) in [5, 5.41) is 2.97. The molecule has 0 heterocycles. The number of carbonyl (C=O) groups is 1. The van der Waals surface area contributed by atoms with Crippen molar-refractivity contribution in [3.8, 4) is 0 Å². The second-order valence-corrected chi connectivity index (χ2v) is 5.34. The topological polar surface area (TPSA) is 29.1 Å². The number of halogens is 2. The van der Waals surface area contributed by atoms with E-state index in [4.69, 9.17) is 11.6 Å². The second kappa shape index (κ2) is 6.19. The molecule has 98 valence electrons. The number of rotatable bonds is 3. The molecule has 0 bridgehead atoms. The van der Waals surface area contributed by atoms with Gasteiger partial charge in [-0.2, -0.15) is 0 Å². The van der Waals surface area contributed by atoms with Crippen LogP contribution < -0.4 is 5.32 Å². The van der Waals surface area contributed by atoms with Crippen LogP contribution in [0.4, 0.5) is 4.39 Å². The number of carbonyl (C=O) groups excluding carboxylic acids is 1. The van der Waals surface area contributed by atoms with Crippen molar-refractivity contribution in [3.05, 3.63) is 35.6 Å². The lowest BCUT2D eigenvalue weighted by Crippen LogP contribution is -2.43. The molecule has 2 unspecified atom stereocenters. The van der Waals surface area contributed by atoms with E-state index < -0.39 is 0 Å². The zero-order valence-electron chi connectivity index (χ0n) is 10.2. The van der Waals surface area contributed by atoms with Gasteiger partial charge in [-0.3, -0.25) is 4.79 Å². The molecule has 1 fully saturated rings. The SMILES string of the molecule is O=C(Cc1cccc(F)c1)NC1CCCCC1Cl. The van der Waals surface area contributed by atoms with E-state index in [2.05, 4.69) is 5.32 Å². The molecule has 1 N–H and O–H groups in total. The highest BCUT2D eigenvalue weighted by molar-refractivity contribution is 6.21. The Balaban J connectivity index is 1.88. The van der Waals surface area contributed by atoms with Crippen molar-refractivity contribution in [1.82, 2.24) is 5.32 Å². The lowest BCUT2D eigenvalue weighted by molar-refractivity contribution is -0.121. The molecule has 1 saturated carbocycles. The van der Waals surface area contributed by atoms with Gasteiger partial charge in [-0.25, -0.2) is 4.39 Å². The summed E-state index contributed by atoms with van der Waals surface area (Å²) in [6, 6.07) is 6.18. The average molecular weight is 270 g/mol. The molecule has 0 aromatic heterocycles. The van der Waals surface area contributed by atoms with Gasteiger partial charge in [0.1, 0.15) is 5.82 Å². The van der Waals surface area contributed by atoms with Crippen LogP contribution in [-0.4, -0.2) is 17.3 Å². The molecule has 2 nitrogen and oxygen atoms in total. The molecule has 18 heavy (non-hydrogen) atoms. The zero-order valence-corrected chi connectivity index (χ0v) is 10.9. The molecule has 4 heteroatoms. The Morgan fingerprint density at radius 1 is 1.39 bits per heavy atom. The number of benzene rings is 1. The van der Waals surface area contributed by atoms with E-state index in [9.17, 15) is 9.18 Å². The van der Waals surface area contributed by atoms with Gasteiger partial charge in [0, 0.05) is 6.04 Å². The van der Waals surface area contributed by atoms with Crippen LogP contribution in [0.25, 0.3) is 0 Å². The first kappa shape index (κ1) is 13.3. The number of alkyl halides is 1. The number of amides is 1. The van der Waals surface area contributed by atoms with Crippen molar-refractivity contribution in [2.24, 2.45) is 0 Å². The number of nitrogens with one attached hydrogen (secondary N) is 1. The third kappa shape index (κ3) is 3.70. The predicted octanol–water partition coefficient (Wildman–Crippen LogP) is 3.03. The van der Waals surface area contributed by atoms with E-state index in [1.165, 1.54) is 12.1 Å². The van der Waals surface area contributed by atoms with Gasteiger partial charge in [-0.15, -0.1) is 11.6 Å². The first-order valence-corrected chi connectivity index (χ1v) is 6.76. The van der Waals surface area contributed by atoms with Gasteiger partial charge < -0.3 is 5.32 Å². The molecule has 0 spiro atoms. The first-order chi connectivity index (χ1) is 8.65. The summed E-state index contributed by atoms with van der Waals surface area (Å²) >= 11 is 6.18. The van der Waals surface area contributed by atoms with Gasteiger partial charge in [0.05, 0.1) is 11.8 Å². The molecular formula is C14H17ClFNO. The Kier molecular flexibility index (Phi) is 4.59. The molecule has 1 aliphatic rings. The van der Waals surface area contributed by atoms with Crippen molar-refractivity contribution in [2.75, 3.05) is 0 Å².